The highest BCUT2D eigenvalue weighted by Crippen LogP contribution is 2.43. The summed E-state index contributed by atoms with van der Waals surface area (Å²) in [5.74, 6) is 2.28. The predicted octanol–water partition coefficient (Wildman–Crippen LogP) is 3.25. The van der Waals surface area contributed by atoms with E-state index in [0.29, 0.717) is 5.82 Å². The van der Waals surface area contributed by atoms with Crippen LogP contribution in [0.1, 0.15) is 18.4 Å². The third-order valence-corrected chi connectivity index (χ3v) is 5.46. The van der Waals surface area contributed by atoms with Gasteiger partial charge < -0.3 is 10.6 Å². The van der Waals surface area contributed by atoms with Gasteiger partial charge in [-0.15, -0.1) is 11.3 Å². The van der Waals surface area contributed by atoms with Gasteiger partial charge in [-0.1, -0.05) is 6.92 Å². The van der Waals surface area contributed by atoms with Crippen molar-refractivity contribution in [3.05, 3.63) is 10.4 Å². The van der Waals surface area contributed by atoms with Crippen molar-refractivity contribution in [1.29, 1.82) is 0 Å². The van der Waals surface area contributed by atoms with E-state index in [9.17, 15) is 0 Å². The van der Waals surface area contributed by atoms with E-state index in [2.05, 4.69) is 33.6 Å². The molecule has 0 bridgehead atoms. The maximum atomic E-state index is 6.03. The van der Waals surface area contributed by atoms with E-state index in [0.717, 1.165) is 39.6 Å². The molecule has 2 N–H and O–H groups in total. The summed E-state index contributed by atoms with van der Waals surface area (Å²) >= 11 is 3.12. The molecule has 0 radical (unpaired) electrons. The molecule has 2 atom stereocenters. The van der Waals surface area contributed by atoms with Gasteiger partial charge in [0.15, 0.2) is 0 Å². The molecule has 0 aromatic carbocycles. The number of aryl methyl sites for hydroxylation is 1. The highest BCUT2D eigenvalue weighted by Gasteiger charge is 2.34. The number of thiazole rings is 1. The van der Waals surface area contributed by atoms with Gasteiger partial charge in [0, 0.05) is 19.0 Å². The van der Waals surface area contributed by atoms with Crippen LogP contribution in [0.25, 0.3) is 11.3 Å². The van der Waals surface area contributed by atoms with Gasteiger partial charge >= 0.3 is 0 Å². The van der Waals surface area contributed by atoms with Gasteiger partial charge in [0.2, 0.25) is 0 Å². The lowest BCUT2D eigenvalue weighted by Gasteiger charge is -2.18. The van der Waals surface area contributed by atoms with Crippen LogP contribution in [0.3, 0.4) is 0 Å². The highest BCUT2D eigenvalue weighted by molar-refractivity contribution is 7.11. The average molecular weight is 294 g/mol. The fraction of sp³-hybridized carbons (Fsp3) is 0.538. The number of nitrogen functional groups attached to an aromatic ring is 1. The molecule has 0 aliphatic heterocycles. The summed E-state index contributed by atoms with van der Waals surface area (Å²) < 4.78 is 4.31. The van der Waals surface area contributed by atoms with Crippen LogP contribution in [-0.2, 0) is 0 Å². The van der Waals surface area contributed by atoms with Crippen LogP contribution in [0.5, 0.6) is 0 Å². The molecule has 1 fully saturated rings. The lowest BCUT2D eigenvalue weighted by Crippen LogP contribution is -2.20. The average Bonchev–Trinajstić information content (AvgIpc) is 2.78. The minimum atomic E-state index is 0.598. The van der Waals surface area contributed by atoms with E-state index in [1.54, 1.807) is 11.3 Å². The minimum absolute atomic E-state index is 0.598. The lowest BCUT2D eigenvalue weighted by molar-refractivity contribution is 0.729. The zero-order chi connectivity index (χ0) is 13.6. The summed E-state index contributed by atoms with van der Waals surface area (Å²) in [6, 6.07) is 0. The van der Waals surface area contributed by atoms with Gasteiger partial charge in [-0.25, -0.2) is 4.98 Å². The van der Waals surface area contributed by atoms with Crippen LogP contribution in [-0.4, -0.2) is 22.9 Å². The molecular formula is C13H18N4S2. The van der Waals surface area contributed by atoms with Crippen LogP contribution in [0.15, 0.2) is 5.38 Å². The first-order chi connectivity index (χ1) is 9.06. The molecular weight excluding hydrogens is 276 g/mol. The Morgan fingerprint density at radius 2 is 2.26 bits per heavy atom. The highest BCUT2D eigenvalue weighted by atomic mass is 32.1. The Morgan fingerprint density at radius 3 is 2.84 bits per heavy atom. The summed E-state index contributed by atoms with van der Waals surface area (Å²) in [5.41, 5.74) is 7.99. The molecule has 2 unspecified atom stereocenters. The lowest BCUT2D eigenvalue weighted by atomic mass is 10.2. The Kier molecular flexibility index (Phi) is 3.22. The SMILES string of the molecule is Cc1nc(-c2c(N)nsc2N(C)CC2CC2C)cs1. The topological polar surface area (TPSA) is 55.0 Å². The minimum Gasteiger partial charge on any atom is -0.382 e. The largest absolute Gasteiger partial charge is 0.382 e. The summed E-state index contributed by atoms with van der Waals surface area (Å²) in [4.78, 5) is 6.83. The molecule has 1 saturated carbocycles. The Labute approximate surface area is 121 Å². The molecule has 6 heteroatoms. The fourth-order valence-electron chi connectivity index (χ4n) is 2.36. The number of nitrogens with zero attached hydrogens (tertiary/aromatic N) is 3. The van der Waals surface area contributed by atoms with E-state index in [4.69, 9.17) is 5.73 Å². The third kappa shape index (κ3) is 2.47. The third-order valence-electron chi connectivity index (χ3n) is 3.71. The molecule has 19 heavy (non-hydrogen) atoms. The van der Waals surface area contributed by atoms with Crippen LogP contribution in [0, 0.1) is 18.8 Å². The molecule has 4 nitrogen and oxygen atoms in total. The van der Waals surface area contributed by atoms with E-state index in [-0.39, 0.29) is 0 Å². The van der Waals surface area contributed by atoms with Gasteiger partial charge in [-0.2, -0.15) is 4.37 Å². The monoisotopic (exact) mass is 294 g/mol. The molecule has 3 rings (SSSR count). The summed E-state index contributed by atoms with van der Waals surface area (Å²) in [5, 5.41) is 4.26. The molecule has 2 aromatic rings. The maximum absolute atomic E-state index is 6.03. The van der Waals surface area contributed by atoms with Gasteiger partial charge in [-0.05, 0) is 36.7 Å². The van der Waals surface area contributed by atoms with Crippen molar-refractivity contribution >= 4 is 33.7 Å². The molecule has 0 saturated heterocycles. The number of hydrogen-bond acceptors (Lipinski definition) is 6. The summed E-state index contributed by atoms with van der Waals surface area (Å²) in [6.45, 7) is 5.41. The summed E-state index contributed by atoms with van der Waals surface area (Å²) in [7, 11) is 2.13. The van der Waals surface area contributed by atoms with Crippen LogP contribution < -0.4 is 10.6 Å². The molecule has 0 amide bonds. The second kappa shape index (κ2) is 4.76. The first-order valence-electron chi connectivity index (χ1n) is 6.45. The Bertz CT molecular complexity index is 589. The standard InChI is InChI=1S/C13H18N4S2/c1-7-4-9(7)5-17(3)13-11(12(14)16-19-13)10-6-18-8(2)15-10/h6-7,9H,4-5H2,1-3H3,(H2,14,16). The van der Waals surface area contributed by atoms with Gasteiger partial charge in [-0.3, -0.25) is 0 Å². The quantitative estimate of drug-likeness (QED) is 0.940. The van der Waals surface area contributed by atoms with Crippen molar-refractivity contribution in [3.63, 3.8) is 0 Å². The van der Waals surface area contributed by atoms with Crippen molar-refractivity contribution in [2.75, 3.05) is 24.2 Å². The Hall–Kier alpha value is -1.14. The van der Waals surface area contributed by atoms with Crippen molar-refractivity contribution < 1.29 is 0 Å². The number of anilines is 2. The molecule has 2 heterocycles. The van der Waals surface area contributed by atoms with Gasteiger partial charge in [0.1, 0.15) is 10.8 Å². The maximum Gasteiger partial charge on any atom is 0.148 e. The first kappa shape index (κ1) is 12.9. The van der Waals surface area contributed by atoms with Crippen molar-refractivity contribution in [2.45, 2.75) is 20.3 Å². The number of nitrogens with two attached hydrogens (primary N) is 1. The van der Waals surface area contributed by atoms with E-state index in [1.807, 2.05) is 6.92 Å². The second-order valence-electron chi connectivity index (χ2n) is 5.35. The normalized spacial score (nSPS) is 21.6. The Balaban J connectivity index is 1.89. The van der Waals surface area contributed by atoms with Crippen LogP contribution >= 0.6 is 22.9 Å². The zero-order valence-electron chi connectivity index (χ0n) is 11.4. The van der Waals surface area contributed by atoms with Crippen molar-refractivity contribution in [2.24, 2.45) is 11.8 Å². The second-order valence-corrected chi connectivity index (χ2v) is 7.17. The number of hydrogen-bond donors (Lipinski definition) is 1. The fourth-order valence-corrected chi connectivity index (χ4v) is 3.76. The molecule has 102 valence electrons. The Morgan fingerprint density at radius 1 is 1.53 bits per heavy atom. The van der Waals surface area contributed by atoms with Gasteiger partial charge in [0.25, 0.3) is 0 Å². The van der Waals surface area contributed by atoms with Crippen LogP contribution in [0.4, 0.5) is 10.8 Å². The van der Waals surface area contributed by atoms with Crippen molar-refractivity contribution in [1.82, 2.24) is 9.36 Å². The van der Waals surface area contributed by atoms with E-state index < -0.39 is 0 Å². The number of aromatic nitrogens is 2. The van der Waals surface area contributed by atoms with Gasteiger partial charge in [0.05, 0.1) is 16.3 Å². The smallest absolute Gasteiger partial charge is 0.148 e. The van der Waals surface area contributed by atoms with E-state index in [1.165, 1.54) is 18.0 Å². The summed E-state index contributed by atoms with van der Waals surface area (Å²) in [6.07, 6.45) is 1.34. The number of rotatable bonds is 4. The molecule has 0 spiro atoms. The van der Waals surface area contributed by atoms with E-state index >= 15 is 0 Å². The molecule has 1 aliphatic carbocycles. The first-order valence-corrected chi connectivity index (χ1v) is 8.10. The van der Waals surface area contributed by atoms with Crippen LogP contribution in [0.2, 0.25) is 0 Å². The zero-order valence-corrected chi connectivity index (χ0v) is 13.0. The van der Waals surface area contributed by atoms with Crippen molar-refractivity contribution in [3.8, 4) is 11.3 Å². The molecule has 2 aromatic heterocycles. The predicted molar refractivity (Wildman–Crippen MR) is 82.9 cm³/mol. The molecule has 1 aliphatic rings.